The molecular weight excluding hydrogens is 552 g/mol. The van der Waals surface area contributed by atoms with Gasteiger partial charge in [-0.2, -0.15) is 0 Å². The van der Waals surface area contributed by atoms with Gasteiger partial charge < -0.3 is 34.1 Å². The van der Waals surface area contributed by atoms with Gasteiger partial charge in [0, 0.05) is 42.4 Å². The average Bonchev–Trinajstić information content (AvgIpc) is 3.58. The standard InChI is InChI=1S/C33H36N2O8/c1-16(2)40-31(38)42-17(3)41-30(37)20-6-8-21-22-14-33(39)25-13-19-7-9-24(36)28-26(19)32(33,10-11-35(25)15-18-4-5-18)29(43-28)27(22)34-23(21)12-20/h6-9,12,16-18,25,29,34,36,39H,4-5,10-11,13-15H2,1-3H3/t17?,25-,29+,32+,33-/m1/s1. The Morgan fingerprint density at radius 3 is 2.72 bits per heavy atom. The SMILES string of the molecule is CC(C)OC(=O)OC(C)OC(=O)c1ccc2c3c([nH]c2c1)[C@@H]1Oc2c(O)ccc4c2[C@@]12CCN(CC1CC1)[C@H](C4)[C@]2(O)C3. The lowest BCUT2D eigenvalue weighted by molar-refractivity contribution is -0.173. The summed E-state index contributed by atoms with van der Waals surface area (Å²) in [5, 5.41) is 24.8. The summed E-state index contributed by atoms with van der Waals surface area (Å²) in [6.45, 7) is 6.72. The number of aliphatic hydroxyl groups is 1. The van der Waals surface area contributed by atoms with Crippen LogP contribution in [0.2, 0.25) is 0 Å². The minimum atomic E-state index is -1.13. The van der Waals surface area contributed by atoms with Gasteiger partial charge in [-0.15, -0.1) is 0 Å². The second-order valence-electron chi connectivity index (χ2n) is 13.2. The van der Waals surface area contributed by atoms with E-state index in [-0.39, 0.29) is 23.5 Å². The van der Waals surface area contributed by atoms with Gasteiger partial charge in [-0.1, -0.05) is 12.1 Å². The molecule has 3 aromatic rings. The molecule has 1 aromatic heterocycles. The highest BCUT2D eigenvalue weighted by atomic mass is 16.8. The third-order valence-electron chi connectivity index (χ3n) is 10.3. The lowest BCUT2D eigenvalue weighted by atomic mass is 9.49. The van der Waals surface area contributed by atoms with E-state index in [0.29, 0.717) is 24.5 Å². The van der Waals surface area contributed by atoms with E-state index in [0.717, 1.165) is 52.8 Å². The van der Waals surface area contributed by atoms with Crippen LogP contribution in [-0.4, -0.2) is 69.3 Å². The maximum atomic E-state index is 13.0. The Labute approximate surface area is 248 Å². The van der Waals surface area contributed by atoms with Gasteiger partial charge in [0.1, 0.15) is 0 Å². The molecule has 2 aromatic carbocycles. The Balaban J connectivity index is 1.17. The summed E-state index contributed by atoms with van der Waals surface area (Å²) in [6.07, 6.45) is 1.47. The number of nitrogens with zero attached hydrogens (tertiary/aromatic N) is 1. The quantitative estimate of drug-likeness (QED) is 0.279. The highest BCUT2D eigenvalue weighted by Gasteiger charge is 2.72. The number of nitrogens with one attached hydrogen (secondary N) is 1. The molecule has 1 unspecified atom stereocenters. The largest absolute Gasteiger partial charge is 0.511 e. The molecule has 10 heteroatoms. The van der Waals surface area contributed by atoms with Crippen molar-refractivity contribution in [2.24, 2.45) is 5.92 Å². The van der Waals surface area contributed by atoms with Crippen LogP contribution in [0.15, 0.2) is 30.3 Å². The highest BCUT2D eigenvalue weighted by Crippen LogP contribution is 2.69. The Bertz CT molecular complexity index is 1680. The van der Waals surface area contributed by atoms with Crippen molar-refractivity contribution in [3.8, 4) is 11.5 Å². The van der Waals surface area contributed by atoms with Crippen LogP contribution in [-0.2, 0) is 32.5 Å². The molecule has 3 aliphatic carbocycles. The van der Waals surface area contributed by atoms with Crippen molar-refractivity contribution in [3.63, 3.8) is 0 Å². The number of ether oxygens (including phenoxy) is 4. The number of esters is 1. The molecule has 5 atom stereocenters. The van der Waals surface area contributed by atoms with Crippen LogP contribution in [0, 0.1) is 5.92 Å². The summed E-state index contributed by atoms with van der Waals surface area (Å²) in [5.74, 6) is 0.635. The second kappa shape index (κ2) is 9.12. The van der Waals surface area contributed by atoms with Gasteiger partial charge in [-0.05, 0) is 81.3 Å². The molecule has 0 radical (unpaired) electrons. The number of piperidine rings is 1. The number of aromatic hydroxyl groups is 1. The van der Waals surface area contributed by atoms with E-state index >= 15 is 0 Å². The topological polar surface area (TPSA) is 131 Å². The first-order chi connectivity index (χ1) is 20.6. The van der Waals surface area contributed by atoms with Crippen LogP contribution in [0.1, 0.15) is 78.9 Å². The first-order valence-corrected chi connectivity index (χ1v) is 15.3. The van der Waals surface area contributed by atoms with Gasteiger partial charge in [0.25, 0.3) is 0 Å². The Morgan fingerprint density at radius 2 is 1.95 bits per heavy atom. The molecule has 1 saturated carbocycles. The third kappa shape index (κ3) is 3.78. The van der Waals surface area contributed by atoms with E-state index in [2.05, 4.69) is 9.88 Å². The molecule has 1 saturated heterocycles. The Kier molecular flexibility index (Phi) is 5.69. The molecule has 8 rings (SSSR count). The number of aromatic amines is 1. The molecule has 2 fully saturated rings. The summed E-state index contributed by atoms with van der Waals surface area (Å²) in [4.78, 5) is 30.8. The van der Waals surface area contributed by atoms with Crippen molar-refractivity contribution in [2.75, 3.05) is 13.1 Å². The van der Waals surface area contributed by atoms with E-state index in [1.54, 1.807) is 32.0 Å². The number of phenols is 1. The maximum Gasteiger partial charge on any atom is 0.511 e. The van der Waals surface area contributed by atoms with Crippen molar-refractivity contribution >= 4 is 23.0 Å². The lowest BCUT2D eigenvalue weighted by Gasteiger charge is -2.62. The zero-order chi connectivity index (χ0) is 29.8. The molecule has 0 amide bonds. The number of hydrogen-bond donors (Lipinski definition) is 3. The predicted octanol–water partition coefficient (Wildman–Crippen LogP) is 4.64. The van der Waals surface area contributed by atoms with Crippen molar-refractivity contribution in [1.82, 2.24) is 9.88 Å². The van der Waals surface area contributed by atoms with Gasteiger partial charge in [0.05, 0.1) is 28.4 Å². The third-order valence-corrected chi connectivity index (χ3v) is 10.3. The van der Waals surface area contributed by atoms with Crippen LogP contribution < -0.4 is 4.74 Å². The molecule has 3 N–H and O–H groups in total. The Morgan fingerprint density at radius 1 is 1.14 bits per heavy atom. The molecule has 1 spiro atoms. The van der Waals surface area contributed by atoms with Gasteiger partial charge in [-0.25, -0.2) is 9.59 Å². The minimum absolute atomic E-state index is 0.0628. The fraction of sp³-hybridized carbons (Fsp3) is 0.515. The number of H-pyrrole nitrogens is 1. The molecule has 2 bridgehead atoms. The average molecular weight is 589 g/mol. The molecule has 5 aliphatic rings. The molecule has 3 heterocycles. The Hall–Kier alpha value is -3.76. The fourth-order valence-corrected chi connectivity index (χ4v) is 8.36. The number of aromatic nitrogens is 1. The normalized spacial score (nSPS) is 29.0. The van der Waals surface area contributed by atoms with Crippen LogP contribution in [0.5, 0.6) is 11.5 Å². The summed E-state index contributed by atoms with van der Waals surface area (Å²) < 4.78 is 22.0. The van der Waals surface area contributed by atoms with Crippen molar-refractivity contribution < 1.29 is 38.7 Å². The van der Waals surface area contributed by atoms with Crippen molar-refractivity contribution in [1.29, 1.82) is 0 Å². The highest BCUT2D eigenvalue weighted by molar-refractivity contribution is 5.96. The summed E-state index contributed by atoms with van der Waals surface area (Å²) >= 11 is 0. The number of phenolic OH excluding ortho intramolecular Hbond substituents is 1. The molecular formula is C33H36N2O8. The van der Waals surface area contributed by atoms with Gasteiger partial charge >= 0.3 is 12.1 Å². The number of fused-ring (bicyclic) bond motifs is 4. The van der Waals surface area contributed by atoms with Crippen LogP contribution in [0.25, 0.3) is 10.9 Å². The smallest absolute Gasteiger partial charge is 0.504 e. The van der Waals surface area contributed by atoms with E-state index in [9.17, 15) is 19.8 Å². The minimum Gasteiger partial charge on any atom is -0.504 e. The lowest BCUT2D eigenvalue weighted by Crippen LogP contribution is -2.74. The number of carbonyl (C=O) groups is 2. The second-order valence-corrected chi connectivity index (χ2v) is 13.2. The summed E-state index contributed by atoms with van der Waals surface area (Å²) in [5.41, 5.74) is 3.18. The zero-order valence-corrected chi connectivity index (χ0v) is 24.5. The predicted molar refractivity (Wildman–Crippen MR) is 154 cm³/mol. The van der Waals surface area contributed by atoms with E-state index in [1.165, 1.54) is 19.8 Å². The number of hydrogen-bond acceptors (Lipinski definition) is 9. The van der Waals surface area contributed by atoms with Gasteiger partial charge in [-0.3, -0.25) is 4.90 Å². The molecule has 226 valence electrons. The summed E-state index contributed by atoms with van der Waals surface area (Å²) in [7, 11) is 0. The first kappa shape index (κ1) is 26.8. The number of likely N-dealkylation sites (tertiary alicyclic amines) is 1. The molecule has 10 nitrogen and oxygen atoms in total. The zero-order valence-electron chi connectivity index (χ0n) is 24.5. The monoisotopic (exact) mass is 588 g/mol. The van der Waals surface area contributed by atoms with Crippen molar-refractivity contribution in [2.45, 2.75) is 88.4 Å². The van der Waals surface area contributed by atoms with Crippen molar-refractivity contribution in [3.05, 3.63) is 58.3 Å². The number of benzene rings is 2. The van der Waals surface area contributed by atoms with E-state index < -0.39 is 35.5 Å². The number of carbonyl (C=O) groups excluding carboxylic acids is 2. The van der Waals surface area contributed by atoms with E-state index in [4.69, 9.17) is 18.9 Å². The molecule has 43 heavy (non-hydrogen) atoms. The maximum absolute atomic E-state index is 13.0. The van der Waals surface area contributed by atoms with Crippen LogP contribution in [0.3, 0.4) is 0 Å². The van der Waals surface area contributed by atoms with E-state index in [1.807, 2.05) is 12.1 Å². The summed E-state index contributed by atoms with van der Waals surface area (Å²) in [6, 6.07) is 8.92. The number of rotatable bonds is 6. The van der Waals surface area contributed by atoms with Crippen LogP contribution >= 0.6 is 0 Å². The van der Waals surface area contributed by atoms with Crippen LogP contribution in [0.4, 0.5) is 4.79 Å². The fourth-order valence-electron chi connectivity index (χ4n) is 8.36. The van der Waals surface area contributed by atoms with Gasteiger partial charge in [0.2, 0.25) is 6.29 Å². The van der Waals surface area contributed by atoms with Gasteiger partial charge in [0.15, 0.2) is 17.6 Å². The molecule has 2 aliphatic heterocycles. The first-order valence-electron chi connectivity index (χ1n) is 15.3.